The van der Waals surface area contributed by atoms with Crippen molar-refractivity contribution in [2.45, 2.75) is 0 Å². The van der Waals surface area contributed by atoms with Crippen LogP contribution in [0.2, 0.25) is 0 Å². The molecule has 4 heterocycles. The van der Waals surface area contributed by atoms with Gasteiger partial charge in [-0.05, 0) is 47.3 Å². The SMILES string of the molecule is c1ccc(-c2cc(-c3ccc(-c4nn5c(-c6ccccc6)cc6ccccc6c5c4-c4ccccc4)cc3)nc(-c3cccc(-n4c5ccccc5c5ccccc54)c3)n2)cc1. The Bertz CT molecular complexity index is 3550. The van der Waals surface area contributed by atoms with Crippen molar-refractivity contribution in [2.24, 2.45) is 0 Å². The fourth-order valence-electron chi connectivity index (χ4n) is 9.05. The van der Waals surface area contributed by atoms with Gasteiger partial charge in [-0.25, -0.2) is 14.5 Å². The van der Waals surface area contributed by atoms with E-state index in [4.69, 9.17) is 15.1 Å². The van der Waals surface area contributed by atoms with Crippen LogP contribution in [0.5, 0.6) is 0 Å². The van der Waals surface area contributed by atoms with Gasteiger partial charge in [0.25, 0.3) is 0 Å². The fourth-order valence-corrected chi connectivity index (χ4v) is 9.05. The van der Waals surface area contributed by atoms with Gasteiger partial charge >= 0.3 is 0 Å². The monoisotopic (exact) mass is 791 g/mol. The van der Waals surface area contributed by atoms with Crippen molar-refractivity contribution in [3.63, 3.8) is 0 Å². The Morgan fingerprint density at radius 3 is 1.53 bits per heavy atom. The summed E-state index contributed by atoms with van der Waals surface area (Å²) in [6.07, 6.45) is 0. The maximum absolute atomic E-state index is 5.45. The molecule has 62 heavy (non-hydrogen) atoms. The molecule has 0 amide bonds. The molecule has 0 aliphatic heterocycles. The van der Waals surface area contributed by atoms with Gasteiger partial charge in [-0.3, -0.25) is 0 Å². The lowest BCUT2D eigenvalue weighted by Gasteiger charge is -2.12. The summed E-state index contributed by atoms with van der Waals surface area (Å²) < 4.78 is 4.48. The number of fused-ring (bicyclic) bond motifs is 6. The highest BCUT2D eigenvalue weighted by atomic mass is 15.2. The Hall–Kier alpha value is -8.41. The molecule has 5 heteroatoms. The second-order valence-corrected chi connectivity index (χ2v) is 15.7. The summed E-state index contributed by atoms with van der Waals surface area (Å²) >= 11 is 0. The minimum atomic E-state index is 0.667. The normalized spacial score (nSPS) is 11.5. The van der Waals surface area contributed by atoms with Gasteiger partial charge in [0.05, 0.1) is 33.6 Å². The van der Waals surface area contributed by atoms with Crippen molar-refractivity contribution < 1.29 is 0 Å². The van der Waals surface area contributed by atoms with E-state index in [1.54, 1.807) is 0 Å². The molecule has 290 valence electrons. The molecule has 0 fully saturated rings. The Balaban J connectivity index is 1.01. The summed E-state index contributed by atoms with van der Waals surface area (Å²) in [5.74, 6) is 0.667. The van der Waals surface area contributed by atoms with Crippen LogP contribution in [0.25, 0.3) is 111 Å². The third-order valence-corrected chi connectivity index (χ3v) is 11.9. The standard InChI is InChI=1S/C57H37N5/c1-4-17-38(18-5-1)49-37-50(59-57(58-49)44-24-16-25-45(35-44)61-51-29-14-12-27-47(51)48-28-13-15-30-52(48)61)39-31-33-42(34-32-39)55-54(41-21-8-3-9-22-41)56-46-26-11-10-23-43(46)36-53(62(56)60-55)40-19-6-2-7-20-40/h1-37H. The average Bonchev–Trinajstić information content (AvgIpc) is 3.92. The second kappa shape index (κ2) is 14.7. The van der Waals surface area contributed by atoms with Gasteiger partial charge in [-0.2, -0.15) is 5.10 Å². The Morgan fingerprint density at radius 1 is 0.355 bits per heavy atom. The zero-order valence-electron chi connectivity index (χ0n) is 33.6. The first-order chi connectivity index (χ1) is 30.7. The molecule has 0 atom stereocenters. The van der Waals surface area contributed by atoms with Crippen LogP contribution >= 0.6 is 0 Å². The van der Waals surface area contributed by atoms with Crippen LogP contribution in [0.15, 0.2) is 224 Å². The molecule has 5 nitrogen and oxygen atoms in total. The first-order valence-electron chi connectivity index (χ1n) is 20.9. The molecule has 0 unspecified atom stereocenters. The number of nitrogens with zero attached hydrogens (tertiary/aromatic N) is 5. The van der Waals surface area contributed by atoms with Gasteiger partial charge in [-0.15, -0.1) is 0 Å². The number of hydrogen-bond acceptors (Lipinski definition) is 3. The van der Waals surface area contributed by atoms with Crippen molar-refractivity contribution in [3.8, 4) is 73.2 Å². The van der Waals surface area contributed by atoms with E-state index in [-0.39, 0.29) is 0 Å². The molecule has 0 saturated carbocycles. The summed E-state index contributed by atoms with van der Waals surface area (Å²) in [5.41, 5.74) is 15.5. The van der Waals surface area contributed by atoms with Crippen molar-refractivity contribution in [2.75, 3.05) is 0 Å². The Kier molecular flexibility index (Phi) is 8.42. The third-order valence-electron chi connectivity index (χ3n) is 11.9. The third kappa shape index (κ3) is 5.98. The number of benzene rings is 8. The molecule has 0 spiro atoms. The second-order valence-electron chi connectivity index (χ2n) is 15.7. The highest BCUT2D eigenvalue weighted by Crippen LogP contribution is 2.41. The van der Waals surface area contributed by atoms with Gasteiger partial charge < -0.3 is 4.57 Å². The maximum Gasteiger partial charge on any atom is 0.160 e. The summed E-state index contributed by atoms with van der Waals surface area (Å²) in [5, 5.41) is 10.2. The summed E-state index contributed by atoms with van der Waals surface area (Å²) in [6.45, 7) is 0. The van der Waals surface area contributed by atoms with Crippen LogP contribution in [0.4, 0.5) is 0 Å². The van der Waals surface area contributed by atoms with Crippen molar-refractivity contribution in [1.29, 1.82) is 0 Å². The van der Waals surface area contributed by atoms with Crippen LogP contribution in [0.1, 0.15) is 0 Å². The van der Waals surface area contributed by atoms with E-state index in [0.29, 0.717) is 5.82 Å². The van der Waals surface area contributed by atoms with Crippen LogP contribution in [-0.2, 0) is 0 Å². The van der Waals surface area contributed by atoms with E-state index in [1.807, 2.05) is 6.07 Å². The smallest absolute Gasteiger partial charge is 0.160 e. The van der Waals surface area contributed by atoms with E-state index in [9.17, 15) is 0 Å². The molecule has 0 bridgehead atoms. The molecule has 0 N–H and O–H groups in total. The highest BCUT2D eigenvalue weighted by molar-refractivity contribution is 6.10. The fraction of sp³-hybridized carbons (Fsp3) is 0. The molecular formula is C57H37N5. The molecule has 0 aliphatic rings. The van der Waals surface area contributed by atoms with Gasteiger partial charge in [0.15, 0.2) is 5.82 Å². The molecule has 0 radical (unpaired) electrons. The number of rotatable bonds is 7. The van der Waals surface area contributed by atoms with E-state index >= 15 is 0 Å². The highest BCUT2D eigenvalue weighted by Gasteiger charge is 2.22. The van der Waals surface area contributed by atoms with Crippen molar-refractivity contribution >= 4 is 38.1 Å². The first-order valence-corrected chi connectivity index (χ1v) is 20.9. The maximum atomic E-state index is 5.45. The lowest BCUT2D eigenvalue weighted by molar-refractivity contribution is 0.979. The van der Waals surface area contributed by atoms with E-state index < -0.39 is 0 Å². The van der Waals surface area contributed by atoms with E-state index in [0.717, 1.165) is 89.3 Å². The first kappa shape index (κ1) is 35.5. The van der Waals surface area contributed by atoms with Gasteiger partial charge in [-0.1, -0.05) is 188 Å². The minimum Gasteiger partial charge on any atom is -0.309 e. The van der Waals surface area contributed by atoms with Crippen LogP contribution in [0.3, 0.4) is 0 Å². The summed E-state index contributed by atoms with van der Waals surface area (Å²) in [6, 6.07) is 79.0. The van der Waals surface area contributed by atoms with E-state index in [1.165, 1.54) is 16.2 Å². The quantitative estimate of drug-likeness (QED) is 0.162. The minimum absolute atomic E-state index is 0.667. The zero-order valence-corrected chi connectivity index (χ0v) is 33.6. The predicted octanol–water partition coefficient (Wildman–Crippen LogP) is 14.4. The average molecular weight is 792 g/mol. The number of pyridine rings is 1. The zero-order chi connectivity index (χ0) is 41.0. The molecule has 0 aliphatic carbocycles. The number of hydrogen-bond donors (Lipinski definition) is 0. The molecule has 4 aromatic heterocycles. The van der Waals surface area contributed by atoms with Gasteiger partial charge in [0.1, 0.15) is 5.69 Å². The predicted molar refractivity (Wildman–Crippen MR) is 255 cm³/mol. The Labute approximate surface area is 358 Å². The molecule has 0 saturated heterocycles. The summed E-state index contributed by atoms with van der Waals surface area (Å²) in [7, 11) is 0. The Morgan fingerprint density at radius 2 is 0.871 bits per heavy atom. The number of para-hydroxylation sites is 2. The van der Waals surface area contributed by atoms with Crippen LogP contribution < -0.4 is 0 Å². The lowest BCUT2D eigenvalue weighted by Crippen LogP contribution is -1.98. The van der Waals surface area contributed by atoms with E-state index in [2.05, 4.69) is 227 Å². The molecule has 12 rings (SSSR count). The van der Waals surface area contributed by atoms with Crippen molar-refractivity contribution in [1.82, 2.24) is 24.1 Å². The largest absolute Gasteiger partial charge is 0.309 e. The van der Waals surface area contributed by atoms with Gasteiger partial charge in [0, 0.05) is 55.2 Å². The van der Waals surface area contributed by atoms with Crippen LogP contribution in [0, 0.1) is 0 Å². The van der Waals surface area contributed by atoms with Crippen molar-refractivity contribution in [3.05, 3.63) is 224 Å². The molecule has 8 aromatic carbocycles. The van der Waals surface area contributed by atoms with Crippen LogP contribution in [-0.4, -0.2) is 24.1 Å². The summed E-state index contributed by atoms with van der Waals surface area (Å²) in [4.78, 5) is 10.5. The molecule has 12 aromatic rings. The molecular weight excluding hydrogens is 755 g/mol. The number of aromatic nitrogens is 5. The van der Waals surface area contributed by atoms with Gasteiger partial charge in [0.2, 0.25) is 0 Å². The topological polar surface area (TPSA) is 48.0 Å². The lowest BCUT2D eigenvalue weighted by atomic mass is 9.96.